The standard InChI is InChI=1S/C12H15NO3S/c1-16-12(15)10-6-5-9(17-10)11(14)13-7-8-3-2-4-8/h5-6,8H,2-4,7H2,1H3,(H,13,14). The van der Waals surface area contributed by atoms with Gasteiger partial charge in [-0.25, -0.2) is 4.79 Å². The molecule has 1 saturated carbocycles. The lowest BCUT2D eigenvalue weighted by atomic mass is 9.85. The zero-order chi connectivity index (χ0) is 12.3. The average Bonchev–Trinajstić information content (AvgIpc) is 2.75. The van der Waals surface area contributed by atoms with Gasteiger partial charge in [-0.3, -0.25) is 4.79 Å². The first-order chi connectivity index (χ1) is 8.20. The first-order valence-electron chi connectivity index (χ1n) is 5.67. The van der Waals surface area contributed by atoms with Crippen molar-refractivity contribution in [2.45, 2.75) is 19.3 Å². The number of esters is 1. The van der Waals surface area contributed by atoms with Gasteiger partial charge in [0.2, 0.25) is 0 Å². The highest BCUT2D eigenvalue weighted by Gasteiger charge is 2.19. The number of nitrogens with one attached hydrogen (secondary N) is 1. The number of thiophene rings is 1. The Morgan fingerprint density at radius 2 is 2.12 bits per heavy atom. The van der Waals surface area contributed by atoms with Crippen LogP contribution < -0.4 is 5.32 Å². The van der Waals surface area contributed by atoms with Crippen molar-refractivity contribution in [3.63, 3.8) is 0 Å². The fourth-order valence-electron chi connectivity index (χ4n) is 1.69. The minimum atomic E-state index is -0.395. The Kier molecular flexibility index (Phi) is 3.78. The highest BCUT2D eigenvalue weighted by atomic mass is 32.1. The van der Waals surface area contributed by atoms with E-state index in [1.54, 1.807) is 12.1 Å². The lowest BCUT2D eigenvalue weighted by Gasteiger charge is -2.25. The van der Waals surface area contributed by atoms with Gasteiger partial charge in [0.05, 0.1) is 12.0 Å². The van der Waals surface area contributed by atoms with E-state index in [9.17, 15) is 9.59 Å². The molecule has 1 aliphatic carbocycles. The van der Waals surface area contributed by atoms with Crippen molar-refractivity contribution in [2.24, 2.45) is 5.92 Å². The molecule has 1 fully saturated rings. The molecule has 0 saturated heterocycles. The zero-order valence-electron chi connectivity index (χ0n) is 9.69. The van der Waals surface area contributed by atoms with Crippen molar-refractivity contribution in [3.8, 4) is 0 Å². The summed E-state index contributed by atoms with van der Waals surface area (Å²) in [6.07, 6.45) is 3.68. The van der Waals surface area contributed by atoms with Gasteiger partial charge in [-0.1, -0.05) is 6.42 Å². The maximum Gasteiger partial charge on any atom is 0.348 e. The van der Waals surface area contributed by atoms with Crippen LogP contribution in [0.2, 0.25) is 0 Å². The van der Waals surface area contributed by atoms with Gasteiger partial charge in [-0.2, -0.15) is 0 Å². The van der Waals surface area contributed by atoms with Gasteiger partial charge in [0.15, 0.2) is 0 Å². The van der Waals surface area contributed by atoms with Gasteiger partial charge in [0.1, 0.15) is 4.88 Å². The van der Waals surface area contributed by atoms with Crippen LogP contribution in [0.25, 0.3) is 0 Å². The molecule has 1 aromatic heterocycles. The Morgan fingerprint density at radius 3 is 2.71 bits per heavy atom. The summed E-state index contributed by atoms with van der Waals surface area (Å²) in [7, 11) is 1.33. The zero-order valence-corrected chi connectivity index (χ0v) is 10.5. The molecule has 5 heteroatoms. The number of amides is 1. The maximum absolute atomic E-state index is 11.8. The van der Waals surface area contributed by atoms with E-state index in [4.69, 9.17) is 0 Å². The monoisotopic (exact) mass is 253 g/mol. The van der Waals surface area contributed by atoms with Gasteiger partial charge >= 0.3 is 5.97 Å². The molecule has 0 unspecified atom stereocenters. The molecule has 0 atom stereocenters. The van der Waals surface area contributed by atoms with Crippen LogP contribution in [0.3, 0.4) is 0 Å². The molecule has 1 aromatic rings. The molecule has 92 valence electrons. The summed E-state index contributed by atoms with van der Waals surface area (Å²) in [6, 6.07) is 3.28. The van der Waals surface area contributed by atoms with E-state index in [0.29, 0.717) is 15.7 Å². The molecule has 0 radical (unpaired) electrons. The molecule has 4 nitrogen and oxygen atoms in total. The molecule has 1 heterocycles. The first-order valence-corrected chi connectivity index (χ1v) is 6.48. The first kappa shape index (κ1) is 12.1. The largest absolute Gasteiger partial charge is 0.465 e. The van der Waals surface area contributed by atoms with Gasteiger partial charge in [-0.05, 0) is 30.9 Å². The van der Waals surface area contributed by atoms with Crippen LogP contribution >= 0.6 is 11.3 Å². The van der Waals surface area contributed by atoms with Crippen LogP contribution in [0.4, 0.5) is 0 Å². The molecule has 1 N–H and O–H groups in total. The van der Waals surface area contributed by atoms with Crippen molar-refractivity contribution in [3.05, 3.63) is 21.9 Å². The number of methoxy groups -OCH3 is 1. The van der Waals surface area contributed by atoms with Gasteiger partial charge < -0.3 is 10.1 Å². The van der Waals surface area contributed by atoms with Crippen molar-refractivity contribution in [1.29, 1.82) is 0 Å². The van der Waals surface area contributed by atoms with Gasteiger partial charge in [-0.15, -0.1) is 11.3 Å². The van der Waals surface area contributed by atoms with Gasteiger partial charge in [0.25, 0.3) is 5.91 Å². The van der Waals surface area contributed by atoms with E-state index >= 15 is 0 Å². The third-order valence-electron chi connectivity index (χ3n) is 2.99. The van der Waals surface area contributed by atoms with Crippen LogP contribution in [0.15, 0.2) is 12.1 Å². The second-order valence-electron chi connectivity index (χ2n) is 4.16. The second-order valence-corrected chi connectivity index (χ2v) is 5.25. The summed E-state index contributed by atoms with van der Waals surface area (Å²) in [5.74, 6) is 0.143. The molecule has 0 bridgehead atoms. The quantitative estimate of drug-likeness (QED) is 0.836. The molecule has 0 spiro atoms. The van der Waals surface area contributed by atoms with Crippen molar-refractivity contribution >= 4 is 23.2 Å². The van der Waals surface area contributed by atoms with Crippen LogP contribution in [0.5, 0.6) is 0 Å². The molecule has 0 aliphatic heterocycles. The molecular weight excluding hydrogens is 238 g/mol. The number of carbonyl (C=O) groups is 2. The molecule has 17 heavy (non-hydrogen) atoms. The SMILES string of the molecule is COC(=O)c1ccc(C(=O)NCC2CCC2)s1. The fraction of sp³-hybridized carbons (Fsp3) is 0.500. The molecular formula is C12H15NO3S. The Bertz CT molecular complexity index is 423. The highest BCUT2D eigenvalue weighted by Crippen LogP contribution is 2.25. The summed E-state index contributed by atoms with van der Waals surface area (Å²) in [5.41, 5.74) is 0. The number of hydrogen-bond acceptors (Lipinski definition) is 4. The fourth-order valence-corrected chi connectivity index (χ4v) is 2.53. The molecule has 2 rings (SSSR count). The van der Waals surface area contributed by atoms with Gasteiger partial charge in [0, 0.05) is 6.54 Å². The molecule has 1 aliphatic rings. The Balaban J connectivity index is 1.89. The number of ether oxygens (including phenoxy) is 1. The number of rotatable bonds is 4. The Morgan fingerprint density at radius 1 is 1.41 bits per heavy atom. The van der Waals surface area contributed by atoms with Crippen molar-refractivity contribution in [2.75, 3.05) is 13.7 Å². The average molecular weight is 253 g/mol. The summed E-state index contributed by atoms with van der Waals surface area (Å²) in [5, 5.41) is 2.89. The minimum Gasteiger partial charge on any atom is -0.465 e. The van der Waals surface area contributed by atoms with E-state index < -0.39 is 5.97 Å². The smallest absolute Gasteiger partial charge is 0.348 e. The Labute approximate surface area is 104 Å². The van der Waals surface area contributed by atoms with E-state index in [-0.39, 0.29) is 5.91 Å². The Hall–Kier alpha value is -1.36. The topological polar surface area (TPSA) is 55.4 Å². The lowest BCUT2D eigenvalue weighted by Crippen LogP contribution is -2.31. The predicted octanol–water partition coefficient (Wildman–Crippen LogP) is 2.06. The predicted molar refractivity (Wildman–Crippen MR) is 65.3 cm³/mol. The van der Waals surface area contributed by atoms with Crippen LogP contribution in [-0.2, 0) is 4.74 Å². The molecule has 0 aromatic carbocycles. The summed E-state index contributed by atoms with van der Waals surface area (Å²) >= 11 is 1.16. The van der Waals surface area contributed by atoms with Crippen LogP contribution in [0, 0.1) is 5.92 Å². The lowest BCUT2D eigenvalue weighted by molar-refractivity contribution is 0.0606. The van der Waals surface area contributed by atoms with E-state index in [2.05, 4.69) is 10.1 Å². The second kappa shape index (κ2) is 5.31. The minimum absolute atomic E-state index is 0.1000. The summed E-state index contributed by atoms with van der Waals surface area (Å²) in [4.78, 5) is 24.0. The number of carbonyl (C=O) groups excluding carboxylic acids is 2. The van der Waals surface area contributed by atoms with Crippen LogP contribution in [0.1, 0.15) is 38.6 Å². The van der Waals surface area contributed by atoms with E-state index in [1.807, 2.05) is 0 Å². The number of hydrogen-bond donors (Lipinski definition) is 1. The van der Waals surface area contributed by atoms with Crippen LogP contribution in [-0.4, -0.2) is 25.5 Å². The maximum atomic E-state index is 11.8. The third-order valence-corrected chi connectivity index (χ3v) is 4.06. The molecule has 1 amide bonds. The third kappa shape index (κ3) is 2.85. The van der Waals surface area contributed by atoms with E-state index in [0.717, 1.165) is 17.9 Å². The van der Waals surface area contributed by atoms with Crippen molar-refractivity contribution in [1.82, 2.24) is 5.32 Å². The summed E-state index contributed by atoms with van der Waals surface area (Å²) in [6.45, 7) is 0.740. The normalized spacial score (nSPS) is 15.1. The summed E-state index contributed by atoms with van der Waals surface area (Å²) < 4.78 is 4.59. The highest BCUT2D eigenvalue weighted by molar-refractivity contribution is 7.15. The van der Waals surface area contributed by atoms with Crippen molar-refractivity contribution < 1.29 is 14.3 Å². The van der Waals surface area contributed by atoms with E-state index in [1.165, 1.54) is 26.4 Å².